The van der Waals surface area contributed by atoms with Gasteiger partial charge in [-0.15, -0.1) is 11.3 Å². The predicted molar refractivity (Wildman–Crippen MR) is 128 cm³/mol. The lowest BCUT2D eigenvalue weighted by Crippen LogP contribution is -2.37. The summed E-state index contributed by atoms with van der Waals surface area (Å²) in [5, 5.41) is 8.97. The Morgan fingerprint density at radius 3 is 2.78 bits per heavy atom. The topological polar surface area (TPSA) is 87.5 Å². The molecular formula is C22H24Cl2N4O3S. The molecule has 0 fully saturated rings. The Balaban J connectivity index is 1.71. The summed E-state index contributed by atoms with van der Waals surface area (Å²) in [6.07, 6.45) is 2.57. The van der Waals surface area contributed by atoms with Gasteiger partial charge in [-0.25, -0.2) is 4.98 Å². The largest absolute Gasteiger partial charge is 0.467 e. The molecule has 0 bridgehead atoms. The number of benzene rings is 1. The van der Waals surface area contributed by atoms with Crippen molar-refractivity contribution in [3.63, 3.8) is 0 Å². The number of carbonyl (C=O) groups excluding carboxylic acids is 2. The number of halogens is 2. The molecule has 170 valence electrons. The summed E-state index contributed by atoms with van der Waals surface area (Å²) in [5.41, 5.74) is 0.867. The predicted octanol–water partition coefficient (Wildman–Crippen LogP) is 5.73. The van der Waals surface area contributed by atoms with Gasteiger partial charge in [0.15, 0.2) is 5.13 Å². The maximum absolute atomic E-state index is 13.2. The number of aromatic nitrogens is 1. The van der Waals surface area contributed by atoms with E-state index >= 15 is 0 Å². The van der Waals surface area contributed by atoms with E-state index in [2.05, 4.69) is 15.6 Å². The molecule has 2 amide bonds. The smallest absolute Gasteiger partial charge is 0.273 e. The van der Waals surface area contributed by atoms with Crippen LogP contribution < -0.4 is 10.6 Å². The normalized spacial score (nSPS) is 11.8. The van der Waals surface area contributed by atoms with Crippen molar-refractivity contribution in [2.45, 2.75) is 39.3 Å². The molecule has 0 aliphatic heterocycles. The quantitative estimate of drug-likeness (QED) is 0.375. The molecule has 2 aromatic heterocycles. The number of amides is 2. The number of anilines is 2. The summed E-state index contributed by atoms with van der Waals surface area (Å²) in [6.45, 7) is 4.42. The second-order valence-electron chi connectivity index (χ2n) is 7.20. The molecular weight excluding hydrogens is 471 g/mol. The van der Waals surface area contributed by atoms with Crippen LogP contribution in [0.3, 0.4) is 0 Å². The van der Waals surface area contributed by atoms with E-state index < -0.39 is 0 Å². The highest BCUT2D eigenvalue weighted by molar-refractivity contribution is 7.14. The van der Waals surface area contributed by atoms with E-state index in [0.717, 1.165) is 6.42 Å². The number of rotatable bonds is 10. The van der Waals surface area contributed by atoms with Gasteiger partial charge in [0.1, 0.15) is 11.5 Å². The fraction of sp³-hybridized carbons (Fsp3) is 0.318. The monoisotopic (exact) mass is 494 g/mol. The second kappa shape index (κ2) is 11.4. The number of furan rings is 1. The Labute approximate surface area is 200 Å². The first kappa shape index (κ1) is 24.1. The summed E-state index contributed by atoms with van der Waals surface area (Å²) < 4.78 is 5.40. The summed E-state index contributed by atoms with van der Waals surface area (Å²) >= 11 is 13.5. The molecule has 3 aromatic rings. The second-order valence-corrected chi connectivity index (χ2v) is 8.84. The van der Waals surface area contributed by atoms with Gasteiger partial charge in [0.25, 0.3) is 5.91 Å². The van der Waals surface area contributed by atoms with Crippen molar-refractivity contribution in [1.82, 2.24) is 15.2 Å². The SMILES string of the molecule is CCC(C)NC(=O)CCN(Cc1ccco1)C(=O)c1csc(Nc2cccc(Cl)c2Cl)n1. The molecule has 0 radical (unpaired) electrons. The minimum Gasteiger partial charge on any atom is -0.467 e. The van der Waals surface area contributed by atoms with Crippen LogP contribution in [0.4, 0.5) is 10.8 Å². The van der Waals surface area contributed by atoms with Crippen molar-refractivity contribution < 1.29 is 14.0 Å². The Kier molecular flexibility index (Phi) is 8.55. The Bertz CT molecular complexity index is 1060. The fourth-order valence-corrected chi connectivity index (χ4v) is 3.88. The zero-order valence-corrected chi connectivity index (χ0v) is 20.1. The molecule has 0 spiro atoms. The summed E-state index contributed by atoms with van der Waals surface area (Å²) in [5.74, 6) is 0.229. The van der Waals surface area contributed by atoms with Crippen LogP contribution in [-0.4, -0.2) is 34.3 Å². The molecule has 0 aliphatic carbocycles. The van der Waals surface area contributed by atoms with Gasteiger partial charge in [-0.2, -0.15) is 0 Å². The molecule has 10 heteroatoms. The first-order chi connectivity index (χ1) is 15.4. The molecule has 0 aliphatic rings. The van der Waals surface area contributed by atoms with Gasteiger partial charge in [0, 0.05) is 24.4 Å². The summed E-state index contributed by atoms with van der Waals surface area (Å²) in [7, 11) is 0. The van der Waals surface area contributed by atoms with Gasteiger partial charge in [-0.05, 0) is 37.6 Å². The van der Waals surface area contributed by atoms with Crippen molar-refractivity contribution >= 4 is 57.2 Å². The van der Waals surface area contributed by atoms with Gasteiger partial charge in [-0.1, -0.05) is 36.2 Å². The fourth-order valence-electron chi connectivity index (χ4n) is 2.84. The summed E-state index contributed by atoms with van der Waals surface area (Å²) in [6, 6.07) is 8.86. The lowest BCUT2D eigenvalue weighted by Gasteiger charge is -2.21. The van der Waals surface area contributed by atoms with Crippen LogP contribution in [0.2, 0.25) is 10.0 Å². The van der Waals surface area contributed by atoms with Crippen LogP contribution in [0.25, 0.3) is 0 Å². The van der Waals surface area contributed by atoms with Crippen molar-refractivity contribution in [3.8, 4) is 0 Å². The van der Waals surface area contributed by atoms with Crippen LogP contribution in [0, 0.1) is 0 Å². The molecule has 2 N–H and O–H groups in total. The maximum Gasteiger partial charge on any atom is 0.273 e. The Morgan fingerprint density at radius 2 is 2.06 bits per heavy atom. The standard InChI is InChI=1S/C22H24Cl2N4O3S/c1-3-14(2)25-19(29)9-10-28(12-15-6-5-11-31-15)21(30)18-13-32-22(27-18)26-17-8-4-7-16(23)20(17)24/h4-8,11,13-14H,3,9-10,12H2,1-2H3,(H,25,29)(H,26,27). The third kappa shape index (κ3) is 6.48. The van der Waals surface area contributed by atoms with Crippen LogP contribution in [-0.2, 0) is 11.3 Å². The van der Waals surface area contributed by atoms with E-state index in [0.29, 0.717) is 26.6 Å². The van der Waals surface area contributed by atoms with E-state index in [1.54, 1.807) is 46.9 Å². The van der Waals surface area contributed by atoms with Crippen LogP contribution in [0.15, 0.2) is 46.4 Å². The molecule has 32 heavy (non-hydrogen) atoms. The highest BCUT2D eigenvalue weighted by atomic mass is 35.5. The van der Waals surface area contributed by atoms with Gasteiger partial charge < -0.3 is 20.0 Å². The zero-order valence-electron chi connectivity index (χ0n) is 17.7. The molecule has 7 nitrogen and oxygen atoms in total. The number of nitrogens with one attached hydrogen (secondary N) is 2. The number of carbonyl (C=O) groups is 2. The molecule has 2 heterocycles. The van der Waals surface area contributed by atoms with Crippen molar-refractivity contribution in [2.75, 3.05) is 11.9 Å². The molecule has 1 aromatic carbocycles. The average Bonchev–Trinajstić information content (AvgIpc) is 3.46. The number of hydrogen-bond donors (Lipinski definition) is 2. The Morgan fingerprint density at radius 1 is 1.25 bits per heavy atom. The first-order valence-electron chi connectivity index (χ1n) is 10.1. The zero-order chi connectivity index (χ0) is 23.1. The third-order valence-corrected chi connectivity index (χ3v) is 6.34. The molecule has 0 saturated carbocycles. The molecule has 1 unspecified atom stereocenters. The third-order valence-electron chi connectivity index (χ3n) is 4.76. The lowest BCUT2D eigenvalue weighted by atomic mass is 10.2. The van der Waals surface area contributed by atoms with Gasteiger partial charge in [-0.3, -0.25) is 9.59 Å². The minimum absolute atomic E-state index is 0.0854. The minimum atomic E-state index is -0.292. The maximum atomic E-state index is 13.2. The van der Waals surface area contributed by atoms with Gasteiger partial charge in [0.2, 0.25) is 5.91 Å². The highest BCUT2D eigenvalue weighted by Gasteiger charge is 2.21. The van der Waals surface area contributed by atoms with Gasteiger partial charge in [0.05, 0.1) is 28.5 Å². The van der Waals surface area contributed by atoms with Crippen LogP contribution >= 0.6 is 34.5 Å². The van der Waals surface area contributed by atoms with Crippen molar-refractivity contribution in [2.24, 2.45) is 0 Å². The number of hydrogen-bond acceptors (Lipinski definition) is 6. The summed E-state index contributed by atoms with van der Waals surface area (Å²) in [4.78, 5) is 31.4. The first-order valence-corrected chi connectivity index (χ1v) is 11.8. The van der Waals surface area contributed by atoms with Crippen molar-refractivity contribution in [1.29, 1.82) is 0 Å². The average molecular weight is 495 g/mol. The van der Waals surface area contributed by atoms with Gasteiger partial charge >= 0.3 is 0 Å². The number of thiazole rings is 1. The van der Waals surface area contributed by atoms with E-state index in [9.17, 15) is 9.59 Å². The highest BCUT2D eigenvalue weighted by Crippen LogP contribution is 2.32. The molecule has 1 atom stereocenters. The van der Waals surface area contributed by atoms with E-state index in [4.69, 9.17) is 27.6 Å². The molecule has 3 rings (SSSR count). The van der Waals surface area contributed by atoms with Crippen LogP contribution in [0.1, 0.15) is 42.9 Å². The van der Waals surface area contributed by atoms with Crippen molar-refractivity contribution in [3.05, 3.63) is 63.5 Å². The van der Waals surface area contributed by atoms with E-state index in [1.807, 2.05) is 13.8 Å². The number of nitrogens with zero attached hydrogens (tertiary/aromatic N) is 2. The molecule has 0 saturated heterocycles. The Hall–Kier alpha value is -2.55. The lowest BCUT2D eigenvalue weighted by molar-refractivity contribution is -0.121. The van der Waals surface area contributed by atoms with E-state index in [-0.39, 0.29) is 43.1 Å². The van der Waals surface area contributed by atoms with E-state index in [1.165, 1.54) is 11.3 Å². The van der Waals surface area contributed by atoms with Crippen LogP contribution in [0.5, 0.6) is 0 Å².